The number of amides is 1. The summed E-state index contributed by atoms with van der Waals surface area (Å²) in [4.78, 5) is 21.9. The van der Waals surface area contributed by atoms with Gasteiger partial charge in [-0.05, 0) is 25.8 Å². The number of hydrogen-bond donors (Lipinski definition) is 0. The van der Waals surface area contributed by atoms with Crippen molar-refractivity contribution >= 4 is 5.91 Å². The van der Waals surface area contributed by atoms with Crippen molar-refractivity contribution in [2.24, 2.45) is 0 Å². The predicted molar refractivity (Wildman–Crippen MR) is 67.3 cm³/mol. The zero-order valence-corrected chi connectivity index (χ0v) is 10.8. The van der Waals surface area contributed by atoms with E-state index in [9.17, 15) is 4.79 Å². The van der Waals surface area contributed by atoms with Gasteiger partial charge in [0.1, 0.15) is 0 Å². The van der Waals surface area contributed by atoms with Gasteiger partial charge in [-0.15, -0.1) is 0 Å². The molecule has 1 fully saturated rings. The van der Waals surface area contributed by atoms with Crippen LogP contribution in [0.2, 0.25) is 0 Å². The number of aryl methyl sites for hydroxylation is 1. The standard InChI is InChI=1S/C13H19N3O2/c1-11-6-7-14-13(15-11)18-10-12(17)16-8-4-2-3-5-9-16/h6-7H,2-5,8-10H2,1H3. The van der Waals surface area contributed by atoms with Crippen molar-refractivity contribution in [3.63, 3.8) is 0 Å². The van der Waals surface area contributed by atoms with Gasteiger partial charge in [-0.1, -0.05) is 12.8 Å². The van der Waals surface area contributed by atoms with Crippen LogP contribution < -0.4 is 4.74 Å². The summed E-state index contributed by atoms with van der Waals surface area (Å²) in [6.07, 6.45) is 6.24. The maximum Gasteiger partial charge on any atom is 0.317 e. The van der Waals surface area contributed by atoms with Gasteiger partial charge in [-0.3, -0.25) is 4.79 Å². The molecule has 0 radical (unpaired) electrons. The number of rotatable bonds is 3. The molecule has 0 N–H and O–H groups in total. The van der Waals surface area contributed by atoms with Gasteiger partial charge in [0.25, 0.3) is 5.91 Å². The summed E-state index contributed by atoms with van der Waals surface area (Å²) >= 11 is 0. The fraction of sp³-hybridized carbons (Fsp3) is 0.615. The molecule has 0 unspecified atom stereocenters. The molecule has 2 heterocycles. The van der Waals surface area contributed by atoms with E-state index in [1.54, 1.807) is 12.3 Å². The van der Waals surface area contributed by atoms with Crippen molar-refractivity contribution in [2.45, 2.75) is 32.6 Å². The molecule has 0 bridgehead atoms. The Bertz CT molecular complexity index is 401. The Morgan fingerprint density at radius 2 is 2.06 bits per heavy atom. The predicted octanol–water partition coefficient (Wildman–Crippen LogP) is 1.57. The highest BCUT2D eigenvalue weighted by Crippen LogP contribution is 2.10. The molecule has 0 saturated carbocycles. The van der Waals surface area contributed by atoms with E-state index in [0.29, 0.717) is 0 Å². The Kier molecular flexibility index (Phi) is 4.50. The molecule has 1 aromatic heterocycles. The molecule has 1 amide bonds. The monoisotopic (exact) mass is 249 g/mol. The normalized spacial score (nSPS) is 16.2. The lowest BCUT2D eigenvalue weighted by molar-refractivity contribution is -0.133. The van der Waals surface area contributed by atoms with Crippen molar-refractivity contribution in [1.82, 2.24) is 14.9 Å². The minimum Gasteiger partial charge on any atom is -0.453 e. The second kappa shape index (κ2) is 6.33. The van der Waals surface area contributed by atoms with Crippen molar-refractivity contribution in [3.05, 3.63) is 18.0 Å². The Labute approximate surface area is 107 Å². The van der Waals surface area contributed by atoms with E-state index in [2.05, 4.69) is 9.97 Å². The van der Waals surface area contributed by atoms with Gasteiger partial charge in [0, 0.05) is 25.0 Å². The van der Waals surface area contributed by atoms with Gasteiger partial charge >= 0.3 is 6.01 Å². The number of nitrogens with zero attached hydrogens (tertiary/aromatic N) is 3. The smallest absolute Gasteiger partial charge is 0.317 e. The van der Waals surface area contributed by atoms with Crippen molar-refractivity contribution in [3.8, 4) is 6.01 Å². The van der Waals surface area contributed by atoms with E-state index in [1.165, 1.54) is 12.8 Å². The van der Waals surface area contributed by atoms with Gasteiger partial charge in [-0.25, -0.2) is 9.97 Å². The van der Waals surface area contributed by atoms with Crippen LogP contribution in [0, 0.1) is 6.92 Å². The van der Waals surface area contributed by atoms with Crippen LogP contribution >= 0.6 is 0 Å². The molecule has 0 aliphatic carbocycles. The van der Waals surface area contributed by atoms with Crippen LogP contribution in [-0.4, -0.2) is 40.5 Å². The number of aromatic nitrogens is 2. The van der Waals surface area contributed by atoms with E-state index in [-0.39, 0.29) is 18.5 Å². The summed E-state index contributed by atoms with van der Waals surface area (Å²) in [5, 5.41) is 0. The Hall–Kier alpha value is -1.65. The molecule has 1 saturated heterocycles. The third-order valence-electron chi connectivity index (χ3n) is 3.06. The van der Waals surface area contributed by atoms with Gasteiger partial charge in [-0.2, -0.15) is 0 Å². The summed E-state index contributed by atoms with van der Waals surface area (Å²) in [6.45, 7) is 3.59. The summed E-state index contributed by atoms with van der Waals surface area (Å²) in [7, 11) is 0. The van der Waals surface area contributed by atoms with Crippen LogP contribution in [-0.2, 0) is 4.79 Å². The molecule has 1 aliphatic rings. The Morgan fingerprint density at radius 3 is 2.72 bits per heavy atom. The van der Waals surface area contributed by atoms with E-state index in [0.717, 1.165) is 31.6 Å². The third-order valence-corrected chi connectivity index (χ3v) is 3.06. The van der Waals surface area contributed by atoms with Crippen molar-refractivity contribution < 1.29 is 9.53 Å². The molecule has 5 nitrogen and oxygen atoms in total. The summed E-state index contributed by atoms with van der Waals surface area (Å²) < 4.78 is 5.33. The van der Waals surface area contributed by atoms with E-state index in [1.807, 2.05) is 11.8 Å². The minimum absolute atomic E-state index is 0.0296. The highest BCUT2D eigenvalue weighted by molar-refractivity contribution is 5.77. The summed E-state index contributed by atoms with van der Waals surface area (Å²) in [6, 6.07) is 2.07. The van der Waals surface area contributed by atoms with Gasteiger partial charge in [0.15, 0.2) is 6.61 Å². The second-order valence-electron chi connectivity index (χ2n) is 4.56. The van der Waals surface area contributed by atoms with E-state index >= 15 is 0 Å². The van der Waals surface area contributed by atoms with E-state index in [4.69, 9.17) is 4.74 Å². The molecule has 98 valence electrons. The van der Waals surface area contributed by atoms with Crippen LogP contribution in [0.3, 0.4) is 0 Å². The van der Waals surface area contributed by atoms with Crippen LogP contribution in [0.15, 0.2) is 12.3 Å². The number of likely N-dealkylation sites (tertiary alicyclic amines) is 1. The van der Waals surface area contributed by atoms with Crippen LogP contribution in [0.4, 0.5) is 0 Å². The zero-order chi connectivity index (χ0) is 12.8. The molecule has 5 heteroatoms. The maximum absolute atomic E-state index is 12.0. The van der Waals surface area contributed by atoms with Crippen molar-refractivity contribution in [1.29, 1.82) is 0 Å². The summed E-state index contributed by atoms with van der Waals surface area (Å²) in [5.74, 6) is 0.0296. The first kappa shape index (κ1) is 12.8. The fourth-order valence-corrected chi connectivity index (χ4v) is 2.03. The van der Waals surface area contributed by atoms with Crippen molar-refractivity contribution in [2.75, 3.05) is 19.7 Å². The summed E-state index contributed by atoms with van der Waals surface area (Å²) in [5.41, 5.74) is 0.835. The highest BCUT2D eigenvalue weighted by Gasteiger charge is 2.16. The SMILES string of the molecule is Cc1ccnc(OCC(=O)N2CCCCCC2)n1. The quantitative estimate of drug-likeness (QED) is 0.816. The van der Waals surface area contributed by atoms with Crippen LogP contribution in [0.25, 0.3) is 0 Å². The maximum atomic E-state index is 12.0. The second-order valence-corrected chi connectivity index (χ2v) is 4.56. The number of hydrogen-bond acceptors (Lipinski definition) is 4. The van der Waals surface area contributed by atoms with Crippen LogP contribution in [0.1, 0.15) is 31.4 Å². The lowest BCUT2D eigenvalue weighted by atomic mass is 10.2. The Balaban J connectivity index is 1.83. The lowest BCUT2D eigenvalue weighted by Crippen LogP contribution is -2.35. The molecule has 0 spiro atoms. The van der Waals surface area contributed by atoms with E-state index < -0.39 is 0 Å². The number of carbonyl (C=O) groups excluding carboxylic acids is 1. The average Bonchev–Trinajstić information content (AvgIpc) is 2.65. The average molecular weight is 249 g/mol. The van der Waals surface area contributed by atoms with Gasteiger partial charge in [0.2, 0.25) is 0 Å². The van der Waals surface area contributed by atoms with Crippen LogP contribution in [0.5, 0.6) is 6.01 Å². The molecule has 18 heavy (non-hydrogen) atoms. The first-order chi connectivity index (χ1) is 8.75. The molecule has 1 aromatic rings. The molecular formula is C13H19N3O2. The lowest BCUT2D eigenvalue weighted by Gasteiger charge is -2.19. The third kappa shape index (κ3) is 3.68. The minimum atomic E-state index is 0.0296. The molecule has 2 rings (SSSR count). The molecule has 0 atom stereocenters. The molecule has 0 aromatic carbocycles. The first-order valence-corrected chi connectivity index (χ1v) is 6.46. The zero-order valence-electron chi connectivity index (χ0n) is 10.8. The van der Waals surface area contributed by atoms with Gasteiger partial charge < -0.3 is 9.64 Å². The topological polar surface area (TPSA) is 55.3 Å². The van der Waals surface area contributed by atoms with Gasteiger partial charge in [0.05, 0.1) is 0 Å². The highest BCUT2D eigenvalue weighted by atomic mass is 16.5. The number of carbonyl (C=O) groups is 1. The largest absolute Gasteiger partial charge is 0.453 e. The fourth-order valence-electron chi connectivity index (χ4n) is 2.03. The number of ether oxygens (including phenoxy) is 1. The first-order valence-electron chi connectivity index (χ1n) is 6.46. The molecular weight excluding hydrogens is 230 g/mol. The Morgan fingerprint density at radius 1 is 1.33 bits per heavy atom. The molecule has 1 aliphatic heterocycles.